The van der Waals surface area contributed by atoms with Crippen LogP contribution in [0.5, 0.6) is 0 Å². The summed E-state index contributed by atoms with van der Waals surface area (Å²) in [6.45, 7) is 20.6. The zero-order chi connectivity index (χ0) is 39.8. The zero-order valence-corrected chi connectivity index (χ0v) is 38.1. The number of nitrogens with two attached hydrogens (primary N) is 2. The maximum absolute atomic E-state index is 10.4. The van der Waals surface area contributed by atoms with Crippen molar-refractivity contribution in [1.29, 1.82) is 0 Å². The molecule has 0 aromatic heterocycles. The predicted molar refractivity (Wildman–Crippen MR) is 219 cm³/mol. The summed E-state index contributed by atoms with van der Waals surface area (Å²) in [7, 11) is -6.57. The van der Waals surface area contributed by atoms with E-state index in [1.165, 1.54) is 0 Å². The summed E-state index contributed by atoms with van der Waals surface area (Å²) >= 11 is 0. The Hall–Kier alpha value is -0.472. The molecule has 0 fully saturated rings. The van der Waals surface area contributed by atoms with E-state index in [0.717, 1.165) is 30.1 Å². The number of hydrogen-bond acceptors (Lipinski definition) is 14. The molecule has 1 aromatic carbocycles. The summed E-state index contributed by atoms with van der Waals surface area (Å²) < 4.78 is 49.3. The van der Waals surface area contributed by atoms with Gasteiger partial charge >= 0.3 is 17.4 Å². The first-order valence-corrected chi connectivity index (χ1v) is 27.8. The van der Waals surface area contributed by atoms with Crippen LogP contribution in [0.15, 0.2) is 30.3 Å². The van der Waals surface area contributed by atoms with Gasteiger partial charge in [0.2, 0.25) is 9.76 Å². The third-order valence-corrected chi connectivity index (χ3v) is 19.9. The molecule has 7 unspecified atom stereocenters. The summed E-state index contributed by atoms with van der Waals surface area (Å²) in [6, 6.07) is 11.8. The molecule has 0 saturated heterocycles. The molecule has 0 aliphatic rings. The molecular formula is C35H74N4O10Si4. The minimum Gasteiger partial charge on any atom is -0.413 e. The topological polar surface area (TPSA) is 190 Å². The lowest BCUT2D eigenvalue weighted by Gasteiger charge is -2.41. The van der Waals surface area contributed by atoms with Gasteiger partial charge < -0.3 is 68.0 Å². The largest absolute Gasteiger partial charge is 0.507 e. The zero-order valence-electron chi connectivity index (χ0n) is 34.1. The van der Waals surface area contributed by atoms with Crippen LogP contribution in [-0.2, 0) is 35.7 Å². The molecule has 1 aromatic rings. The van der Waals surface area contributed by atoms with E-state index >= 15 is 0 Å². The predicted octanol–water partition coefficient (Wildman–Crippen LogP) is 1.69. The average Bonchev–Trinajstić information content (AvgIpc) is 3.08. The van der Waals surface area contributed by atoms with Crippen LogP contribution in [0.25, 0.3) is 0 Å². The Morgan fingerprint density at radius 3 is 1.70 bits per heavy atom. The van der Waals surface area contributed by atoms with E-state index in [1.807, 2.05) is 71.1 Å². The molecule has 2 radical (unpaired) electrons. The van der Waals surface area contributed by atoms with Crippen LogP contribution in [0.2, 0.25) is 38.3 Å². The van der Waals surface area contributed by atoms with E-state index in [-0.39, 0.29) is 47.1 Å². The fourth-order valence-corrected chi connectivity index (χ4v) is 17.2. The van der Waals surface area contributed by atoms with Crippen LogP contribution < -0.4 is 27.3 Å². The highest BCUT2D eigenvalue weighted by Gasteiger charge is 2.52. The molecule has 7 atom stereocenters. The normalized spacial score (nSPS) is 17.2. The molecular weight excluding hydrogens is 749 g/mol. The highest BCUT2D eigenvalue weighted by atomic mass is 28.5. The van der Waals surface area contributed by atoms with Crippen molar-refractivity contribution < 1.29 is 45.9 Å². The molecule has 0 aliphatic carbocycles. The highest BCUT2D eigenvalue weighted by Crippen LogP contribution is 2.26. The summed E-state index contributed by atoms with van der Waals surface area (Å²) in [5, 5.41) is 28.2. The molecule has 1 rings (SSSR count). The Morgan fingerprint density at radius 2 is 1.21 bits per heavy atom. The Bertz CT molecular complexity index is 1040. The lowest BCUT2D eigenvalue weighted by molar-refractivity contribution is 0.0328. The van der Waals surface area contributed by atoms with E-state index in [9.17, 15) is 10.2 Å². The second-order valence-corrected chi connectivity index (χ2v) is 27.2. The standard InChI is InChI=1S/C35H74N4O10Si4/c1-29(36)23-45-25-31(3)38-21-33(40)27-43-17-13-19-50-47-53(49-52(8,9)42-5,35-15-11-10-12-16-35)48-51(6,7)20-14-18-44-28-34(41)22-39-32(4)26-46-24-30(2)37/h10-12,15-16,29-34,38-41H,13-14,17-28,36-37H2,1-9H3. The molecule has 0 aliphatic heterocycles. The molecule has 0 saturated carbocycles. The minimum absolute atomic E-state index is 0.000419. The van der Waals surface area contributed by atoms with E-state index in [1.54, 1.807) is 7.11 Å². The van der Waals surface area contributed by atoms with Crippen LogP contribution in [0.4, 0.5) is 0 Å². The molecule has 0 heterocycles. The van der Waals surface area contributed by atoms with Gasteiger partial charge in [-0.3, -0.25) is 0 Å². The quantitative estimate of drug-likeness (QED) is 0.0435. The Labute approximate surface area is 326 Å². The third kappa shape index (κ3) is 25.4. The first kappa shape index (κ1) is 50.5. The van der Waals surface area contributed by atoms with Crippen molar-refractivity contribution in [1.82, 2.24) is 10.6 Å². The van der Waals surface area contributed by atoms with Gasteiger partial charge in [-0.1, -0.05) is 30.3 Å². The molecule has 18 heteroatoms. The average molecular weight is 823 g/mol. The second kappa shape index (κ2) is 28.0. The number of nitrogens with one attached hydrogen (secondary N) is 2. The van der Waals surface area contributed by atoms with Gasteiger partial charge in [0.25, 0.3) is 0 Å². The molecule has 310 valence electrons. The van der Waals surface area contributed by atoms with Crippen molar-refractivity contribution in [2.24, 2.45) is 11.5 Å². The fourth-order valence-electron chi connectivity index (χ4n) is 4.86. The number of aliphatic hydroxyl groups is 2. The van der Waals surface area contributed by atoms with Crippen molar-refractivity contribution in [2.75, 3.05) is 73.1 Å². The van der Waals surface area contributed by atoms with Crippen molar-refractivity contribution in [3.63, 3.8) is 0 Å². The molecule has 14 nitrogen and oxygen atoms in total. The molecule has 0 bridgehead atoms. The summed E-state index contributed by atoms with van der Waals surface area (Å²) in [5.41, 5.74) is 11.4. The lowest BCUT2D eigenvalue weighted by Crippen LogP contribution is -2.66. The van der Waals surface area contributed by atoms with E-state index in [4.69, 9.17) is 47.2 Å². The van der Waals surface area contributed by atoms with Crippen LogP contribution in [0.3, 0.4) is 0 Å². The summed E-state index contributed by atoms with van der Waals surface area (Å²) in [5.74, 6) is 0. The first-order valence-electron chi connectivity index (χ1n) is 19.1. The first-order chi connectivity index (χ1) is 25.0. The highest BCUT2D eigenvalue weighted by molar-refractivity contribution is 6.92. The second-order valence-electron chi connectivity index (χ2n) is 15.0. The van der Waals surface area contributed by atoms with Gasteiger partial charge in [-0.25, -0.2) is 0 Å². The summed E-state index contributed by atoms with van der Waals surface area (Å²) in [6.07, 6.45) is 0.319. The van der Waals surface area contributed by atoms with Gasteiger partial charge in [0, 0.05) is 62.8 Å². The third-order valence-electron chi connectivity index (χ3n) is 7.77. The van der Waals surface area contributed by atoms with Gasteiger partial charge in [0.05, 0.1) is 51.8 Å². The Balaban J connectivity index is 2.66. The van der Waals surface area contributed by atoms with Crippen LogP contribution in [0, 0.1) is 0 Å². The number of hydrogen-bond donors (Lipinski definition) is 6. The fraction of sp³-hybridized carbons (Fsp3) is 0.829. The van der Waals surface area contributed by atoms with Crippen LogP contribution in [-0.4, -0.2) is 155 Å². The van der Waals surface area contributed by atoms with E-state index in [2.05, 4.69) is 23.7 Å². The van der Waals surface area contributed by atoms with Gasteiger partial charge in [-0.15, -0.1) is 0 Å². The monoisotopic (exact) mass is 822 g/mol. The lowest BCUT2D eigenvalue weighted by atomic mass is 10.3. The van der Waals surface area contributed by atoms with Gasteiger partial charge in [0.1, 0.15) is 0 Å². The van der Waals surface area contributed by atoms with Crippen molar-refractivity contribution in [3.8, 4) is 0 Å². The molecule has 8 N–H and O–H groups in total. The van der Waals surface area contributed by atoms with Crippen molar-refractivity contribution in [3.05, 3.63) is 30.3 Å². The molecule has 53 heavy (non-hydrogen) atoms. The summed E-state index contributed by atoms with van der Waals surface area (Å²) in [4.78, 5) is 0. The Morgan fingerprint density at radius 1 is 0.698 bits per heavy atom. The van der Waals surface area contributed by atoms with E-state index < -0.39 is 37.9 Å². The number of ether oxygens (including phenoxy) is 4. The maximum Gasteiger partial charge on any atom is 0.507 e. The SMILES string of the molecule is CO[Si](C)(C)O[Si](O[Si]CCCOCC(O)CNC(C)COCC(C)N)(O[Si](C)(C)CCCOCC(O)CNC(C)COCC(C)N)c1ccccc1. The minimum atomic E-state index is -3.41. The van der Waals surface area contributed by atoms with E-state index in [0.29, 0.717) is 52.7 Å². The van der Waals surface area contributed by atoms with Gasteiger partial charge in [-0.05, 0) is 78.8 Å². The molecule has 0 amide bonds. The van der Waals surface area contributed by atoms with Crippen molar-refractivity contribution in [2.45, 2.75) is 115 Å². The van der Waals surface area contributed by atoms with Crippen LogP contribution in [0.1, 0.15) is 40.5 Å². The van der Waals surface area contributed by atoms with Crippen molar-refractivity contribution >= 4 is 40.6 Å². The Kier molecular flexibility index (Phi) is 26.7. The maximum atomic E-state index is 10.4. The number of benzene rings is 1. The smallest absolute Gasteiger partial charge is 0.413 e. The van der Waals surface area contributed by atoms with Crippen LogP contribution >= 0.6 is 0 Å². The number of rotatable bonds is 34. The number of aliphatic hydroxyl groups excluding tert-OH is 2. The van der Waals surface area contributed by atoms with Gasteiger partial charge in [-0.2, -0.15) is 0 Å². The molecule has 0 spiro atoms. The van der Waals surface area contributed by atoms with Gasteiger partial charge in [0.15, 0.2) is 8.32 Å².